The number of rotatable bonds is 8. The second-order valence-corrected chi connectivity index (χ2v) is 4.95. The van der Waals surface area contributed by atoms with E-state index in [1.807, 2.05) is 12.1 Å². The van der Waals surface area contributed by atoms with Crippen LogP contribution in [0.4, 0.5) is 0 Å². The molecule has 0 N–H and O–H groups in total. The molecule has 0 aliphatic heterocycles. The molecule has 0 saturated carbocycles. The number of hydrogen-bond acceptors (Lipinski definition) is 4. The van der Waals surface area contributed by atoms with Crippen LogP contribution in [0.15, 0.2) is 30.3 Å². The average molecular weight is 304 g/mol. The van der Waals surface area contributed by atoms with Crippen molar-refractivity contribution in [3.8, 4) is 0 Å². The molecule has 0 heterocycles. The van der Waals surface area contributed by atoms with Gasteiger partial charge in [0.1, 0.15) is 0 Å². The molecule has 120 valence electrons. The number of benzene rings is 1. The Morgan fingerprint density at radius 1 is 1.05 bits per heavy atom. The summed E-state index contributed by atoms with van der Waals surface area (Å²) in [7, 11) is 1.37. The first kappa shape index (κ1) is 18.0. The van der Waals surface area contributed by atoms with Crippen molar-refractivity contribution in [2.45, 2.75) is 39.5 Å². The van der Waals surface area contributed by atoms with Gasteiger partial charge in [-0.25, -0.2) is 9.59 Å². The van der Waals surface area contributed by atoms with Gasteiger partial charge in [0.2, 0.25) is 0 Å². The fraction of sp³-hybridized carbons (Fsp3) is 0.444. The number of methoxy groups -OCH3 is 1. The summed E-state index contributed by atoms with van der Waals surface area (Å²) in [5.74, 6) is -0.695. The van der Waals surface area contributed by atoms with Crippen molar-refractivity contribution in [2.75, 3.05) is 13.7 Å². The average Bonchev–Trinajstić information content (AvgIpc) is 2.54. The van der Waals surface area contributed by atoms with Gasteiger partial charge in [-0.1, -0.05) is 31.9 Å². The van der Waals surface area contributed by atoms with Crippen LogP contribution in [0.25, 0.3) is 5.57 Å². The summed E-state index contributed by atoms with van der Waals surface area (Å²) < 4.78 is 9.67. The van der Waals surface area contributed by atoms with Gasteiger partial charge in [0, 0.05) is 6.08 Å². The van der Waals surface area contributed by atoms with E-state index in [1.165, 1.54) is 13.2 Å². The number of carbonyl (C=O) groups is 2. The standard InChI is InChI=1S/C18H24O4/c1-4-6-7-8-16(13-17(19)21-3)14-9-11-15(12-10-14)18(20)22-5-2/h9-13H,4-8H2,1-3H3/b16-13+. The number of allylic oxidation sites excluding steroid dienone is 1. The van der Waals surface area contributed by atoms with Crippen LogP contribution in [-0.2, 0) is 14.3 Å². The Kier molecular flexibility index (Phi) is 7.97. The molecule has 0 atom stereocenters. The quantitative estimate of drug-likeness (QED) is 0.414. The maximum Gasteiger partial charge on any atom is 0.338 e. The molecule has 22 heavy (non-hydrogen) atoms. The third-order valence-corrected chi connectivity index (χ3v) is 3.31. The van der Waals surface area contributed by atoms with Gasteiger partial charge < -0.3 is 9.47 Å². The van der Waals surface area contributed by atoms with E-state index in [4.69, 9.17) is 9.47 Å². The Labute approximate surface area is 132 Å². The van der Waals surface area contributed by atoms with Crippen LogP contribution in [0.2, 0.25) is 0 Å². The summed E-state index contributed by atoms with van der Waals surface area (Å²) in [5.41, 5.74) is 2.36. The maximum absolute atomic E-state index is 11.6. The lowest BCUT2D eigenvalue weighted by Crippen LogP contribution is -2.04. The molecule has 0 aliphatic rings. The highest BCUT2D eigenvalue weighted by Crippen LogP contribution is 2.22. The number of ether oxygens (including phenoxy) is 2. The molecule has 1 rings (SSSR count). The zero-order chi connectivity index (χ0) is 16.4. The molecule has 4 heteroatoms. The first-order valence-electron chi connectivity index (χ1n) is 7.68. The second kappa shape index (κ2) is 9.77. The summed E-state index contributed by atoms with van der Waals surface area (Å²) in [6, 6.07) is 7.12. The molecule has 0 aliphatic carbocycles. The van der Waals surface area contributed by atoms with Crippen molar-refractivity contribution in [3.63, 3.8) is 0 Å². The molecule has 4 nitrogen and oxygen atoms in total. The molecule has 0 radical (unpaired) electrons. The van der Waals surface area contributed by atoms with E-state index in [2.05, 4.69) is 6.92 Å². The Balaban J connectivity index is 2.92. The molecule has 1 aromatic carbocycles. The largest absolute Gasteiger partial charge is 0.466 e. The molecule has 0 fully saturated rings. The first-order chi connectivity index (χ1) is 10.6. The van der Waals surface area contributed by atoms with E-state index in [-0.39, 0.29) is 11.9 Å². The van der Waals surface area contributed by atoms with Crippen LogP contribution in [0.1, 0.15) is 55.5 Å². The Morgan fingerprint density at radius 3 is 2.23 bits per heavy atom. The lowest BCUT2D eigenvalue weighted by atomic mass is 9.98. The maximum atomic E-state index is 11.6. The highest BCUT2D eigenvalue weighted by atomic mass is 16.5. The van der Waals surface area contributed by atoms with Gasteiger partial charge in [0.25, 0.3) is 0 Å². The fourth-order valence-corrected chi connectivity index (χ4v) is 2.10. The molecular weight excluding hydrogens is 280 g/mol. The van der Waals surface area contributed by atoms with Gasteiger partial charge in [0.05, 0.1) is 19.3 Å². The molecule has 0 saturated heterocycles. The predicted molar refractivity (Wildman–Crippen MR) is 86.5 cm³/mol. The molecular formula is C18H24O4. The van der Waals surface area contributed by atoms with Crippen molar-refractivity contribution >= 4 is 17.5 Å². The summed E-state index contributed by atoms with van der Waals surface area (Å²) in [6.07, 6.45) is 5.57. The molecule has 0 spiro atoms. The summed E-state index contributed by atoms with van der Waals surface area (Å²) in [6.45, 7) is 4.26. The van der Waals surface area contributed by atoms with Crippen LogP contribution >= 0.6 is 0 Å². The Hall–Kier alpha value is -2.10. The monoisotopic (exact) mass is 304 g/mol. The predicted octanol–water partition coefficient (Wildman–Crippen LogP) is 4.00. The minimum Gasteiger partial charge on any atom is -0.466 e. The lowest BCUT2D eigenvalue weighted by Gasteiger charge is -2.09. The summed E-state index contributed by atoms with van der Waals surface area (Å²) >= 11 is 0. The van der Waals surface area contributed by atoms with Crippen molar-refractivity contribution in [1.82, 2.24) is 0 Å². The molecule has 0 unspecified atom stereocenters. The Bertz CT molecular complexity index is 514. The van der Waals surface area contributed by atoms with E-state index in [0.29, 0.717) is 12.2 Å². The van der Waals surface area contributed by atoms with Crippen LogP contribution in [0.5, 0.6) is 0 Å². The minimum absolute atomic E-state index is 0.335. The SMILES string of the molecule is CCCCC/C(=C\C(=O)OC)c1ccc(C(=O)OCC)cc1. The number of hydrogen-bond donors (Lipinski definition) is 0. The van der Waals surface area contributed by atoms with Crippen molar-refractivity contribution in [3.05, 3.63) is 41.5 Å². The van der Waals surface area contributed by atoms with Crippen molar-refractivity contribution < 1.29 is 19.1 Å². The zero-order valence-electron chi connectivity index (χ0n) is 13.6. The number of unbranched alkanes of at least 4 members (excludes halogenated alkanes) is 2. The molecule has 0 amide bonds. The molecule has 0 bridgehead atoms. The van der Waals surface area contributed by atoms with Crippen LogP contribution in [0, 0.1) is 0 Å². The van der Waals surface area contributed by atoms with E-state index in [9.17, 15) is 9.59 Å². The smallest absolute Gasteiger partial charge is 0.338 e. The van der Waals surface area contributed by atoms with Crippen LogP contribution in [0.3, 0.4) is 0 Å². The lowest BCUT2D eigenvalue weighted by molar-refractivity contribution is -0.134. The van der Waals surface area contributed by atoms with E-state index >= 15 is 0 Å². The summed E-state index contributed by atoms with van der Waals surface area (Å²) in [5, 5.41) is 0. The normalized spacial score (nSPS) is 11.1. The highest BCUT2D eigenvalue weighted by Gasteiger charge is 2.09. The van der Waals surface area contributed by atoms with Crippen molar-refractivity contribution in [2.24, 2.45) is 0 Å². The van der Waals surface area contributed by atoms with E-state index < -0.39 is 0 Å². The van der Waals surface area contributed by atoms with Crippen LogP contribution in [-0.4, -0.2) is 25.7 Å². The van der Waals surface area contributed by atoms with Gasteiger partial charge >= 0.3 is 11.9 Å². The fourth-order valence-electron chi connectivity index (χ4n) is 2.10. The van der Waals surface area contributed by atoms with Gasteiger partial charge in [-0.3, -0.25) is 0 Å². The van der Waals surface area contributed by atoms with Gasteiger partial charge in [-0.05, 0) is 43.0 Å². The van der Waals surface area contributed by atoms with Gasteiger partial charge in [-0.2, -0.15) is 0 Å². The van der Waals surface area contributed by atoms with E-state index in [1.54, 1.807) is 19.1 Å². The van der Waals surface area contributed by atoms with Crippen LogP contribution < -0.4 is 0 Å². The summed E-state index contributed by atoms with van der Waals surface area (Å²) in [4.78, 5) is 23.2. The zero-order valence-corrected chi connectivity index (χ0v) is 13.6. The minimum atomic E-state index is -0.360. The second-order valence-electron chi connectivity index (χ2n) is 4.95. The third-order valence-electron chi connectivity index (χ3n) is 3.31. The molecule has 1 aromatic rings. The number of carbonyl (C=O) groups excluding carboxylic acids is 2. The van der Waals surface area contributed by atoms with Crippen molar-refractivity contribution in [1.29, 1.82) is 0 Å². The van der Waals surface area contributed by atoms with Gasteiger partial charge in [0.15, 0.2) is 0 Å². The topological polar surface area (TPSA) is 52.6 Å². The number of esters is 2. The first-order valence-corrected chi connectivity index (χ1v) is 7.68. The molecule has 0 aromatic heterocycles. The third kappa shape index (κ3) is 5.72. The highest BCUT2D eigenvalue weighted by molar-refractivity contribution is 5.92. The van der Waals surface area contributed by atoms with E-state index in [0.717, 1.165) is 36.8 Å². The Morgan fingerprint density at radius 2 is 1.68 bits per heavy atom. The van der Waals surface area contributed by atoms with Gasteiger partial charge in [-0.15, -0.1) is 0 Å².